The van der Waals surface area contributed by atoms with E-state index in [1.165, 1.54) is 44.1 Å². The quantitative estimate of drug-likeness (QED) is 0.510. The van der Waals surface area contributed by atoms with Crippen molar-refractivity contribution in [1.29, 1.82) is 0 Å². The van der Waals surface area contributed by atoms with E-state index in [1.54, 1.807) is 6.08 Å². The van der Waals surface area contributed by atoms with Crippen LogP contribution < -0.4 is 0 Å². The molecule has 3 aliphatic heterocycles. The van der Waals surface area contributed by atoms with Gasteiger partial charge in [-0.2, -0.15) is 0 Å². The molecule has 0 aromatic rings. The summed E-state index contributed by atoms with van der Waals surface area (Å²) in [4.78, 5) is 0. The van der Waals surface area contributed by atoms with Gasteiger partial charge in [0.25, 0.3) is 0 Å². The van der Waals surface area contributed by atoms with Crippen LogP contribution >= 0.6 is 0 Å². The molecule has 7 atom stereocenters. The average molecular weight is 377 g/mol. The third-order valence-corrected chi connectivity index (χ3v) is 6.30. The van der Waals surface area contributed by atoms with Gasteiger partial charge in [-0.1, -0.05) is 24.3 Å². The summed E-state index contributed by atoms with van der Waals surface area (Å²) in [6.45, 7) is 17.0. The van der Waals surface area contributed by atoms with Crippen LogP contribution in [0, 0.1) is 11.8 Å². The highest BCUT2D eigenvalue weighted by Gasteiger charge is 2.55. The predicted molar refractivity (Wildman–Crippen MR) is 108 cm³/mol. The monoisotopic (exact) mass is 376 g/mol. The van der Waals surface area contributed by atoms with Gasteiger partial charge in [-0.05, 0) is 64.2 Å². The van der Waals surface area contributed by atoms with Crippen LogP contribution in [0.2, 0.25) is 0 Å². The van der Waals surface area contributed by atoms with Crippen LogP contribution in [0.1, 0.15) is 52.4 Å². The molecule has 0 aromatic heterocycles. The minimum Gasteiger partial charge on any atom is -0.370 e. The Morgan fingerprint density at radius 3 is 2.52 bits per heavy atom. The summed E-state index contributed by atoms with van der Waals surface area (Å²) in [6, 6.07) is 0. The maximum absolute atomic E-state index is 5.60. The van der Waals surface area contributed by atoms with Gasteiger partial charge >= 0.3 is 0 Å². The molecule has 0 spiro atoms. The van der Waals surface area contributed by atoms with Crippen molar-refractivity contribution < 1.29 is 18.9 Å². The van der Waals surface area contributed by atoms with Crippen LogP contribution in [0.4, 0.5) is 0 Å². The summed E-state index contributed by atoms with van der Waals surface area (Å²) in [5.74, 6) is 1.48. The summed E-state index contributed by atoms with van der Waals surface area (Å²) in [6.07, 6.45) is 13.2. The Morgan fingerprint density at radius 1 is 1.19 bits per heavy atom. The van der Waals surface area contributed by atoms with Crippen molar-refractivity contribution in [3.8, 4) is 0 Å². The van der Waals surface area contributed by atoms with Crippen LogP contribution in [-0.4, -0.2) is 43.4 Å². The maximum atomic E-state index is 5.60. The Kier molecular flexibility index (Phi) is 6.96. The molecule has 4 nitrogen and oxygen atoms in total. The largest absolute Gasteiger partial charge is 0.370 e. The molecule has 0 aromatic carbocycles. The molecule has 0 amide bonds. The highest BCUT2D eigenvalue weighted by Crippen LogP contribution is 2.50. The standard InChI is InChI=1S/C10H16O.C8H12O.C5H8O2/c1-7(2)8-4-5-10(3)9(6-8)11-10;1-2-6-3-4-7-8(5-6)9-7;1-2-3-6-5-4-7-5/h8-9H,1,4-6H2,2-3H3;2,6-8H,1,3-5H2;2,5H,1,3-4H2. The van der Waals surface area contributed by atoms with Gasteiger partial charge in [0, 0.05) is 0 Å². The number of hydrogen-bond acceptors (Lipinski definition) is 4. The zero-order valence-electron chi connectivity index (χ0n) is 17.0. The van der Waals surface area contributed by atoms with Crippen molar-refractivity contribution in [3.05, 3.63) is 37.5 Å². The van der Waals surface area contributed by atoms with E-state index < -0.39 is 0 Å². The first kappa shape index (κ1) is 20.8. The number of rotatable bonds is 5. The molecule has 152 valence electrons. The maximum Gasteiger partial charge on any atom is 0.181 e. The van der Waals surface area contributed by atoms with Gasteiger partial charge in [-0.3, -0.25) is 0 Å². The fraction of sp³-hybridized carbons (Fsp3) is 0.739. The molecule has 27 heavy (non-hydrogen) atoms. The summed E-state index contributed by atoms with van der Waals surface area (Å²) >= 11 is 0. The van der Waals surface area contributed by atoms with Crippen LogP contribution in [0.25, 0.3) is 0 Å². The molecule has 5 rings (SSSR count). The summed E-state index contributed by atoms with van der Waals surface area (Å²) in [7, 11) is 0. The lowest BCUT2D eigenvalue weighted by atomic mass is 9.80. The van der Waals surface area contributed by atoms with Gasteiger partial charge in [-0.25, -0.2) is 0 Å². The Morgan fingerprint density at radius 2 is 1.96 bits per heavy atom. The molecule has 5 fully saturated rings. The van der Waals surface area contributed by atoms with Crippen molar-refractivity contribution in [2.24, 2.45) is 11.8 Å². The third kappa shape index (κ3) is 6.28. The van der Waals surface area contributed by atoms with E-state index in [4.69, 9.17) is 18.9 Å². The van der Waals surface area contributed by atoms with Gasteiger partial charge in [0.15, 0.2) is 6.29 Å². The predicted octanol–water partition coefficient (Wildman–Crippen LogP) is 4.81. The van der Waals surface area contributed by atoms with E-state index in [9.17, 15) is 0 Å². The Hall–Kier alpha value is -0.940. The fourth-order valence-electron chi connectivity index (χ4n) is 4.05. The Balaban J connectivity index is 0.000000120. The van der Waals surface area contributed by atoms with Gasteiger partial charge in [0.05, 0.1) is 30.5 Å². The fourth-order valence-corrected chi connectivity index (χ4v) is 4.05. The molecule has 3 saturated heterocycles. The summed E-state index contributed by atoms with van der Waals surface area (Å²) < 4.78 is 20.7. The first-order valence-corrected chi connectivity index (χ1v) is 10.4. The van der Waals surface area contributed by atoms with Crippen molar-refractivity contribution in [1.82, 2.24) is 0 Å². The molecule has 3 heterocycles. The summed E-state index contributed by atoms with van der Waals surface area (Å²) in [5, 5.41) is 0. The molecular weight excluding hydrogens is 340 g/mol. The second-order valence-electron chi connectivity index (χ2n) is 8.64. The number of hydrogen-bond donors (Lipinski definition) is 0. The molecule has 0 bridgehead atoms. The lowest BCUT2D eigenvalue weighted by molar-refractivity contribution is 0.0697. The third-order valence-electron chi connectivity index (χ3n) is 6.30. The highest BCUT2D eigenvalue weighted by atomic mass is 16.8. The zero-order chi connectivity index (χ0) is 19.4. The minimum atomic E-state index is 0.0815. The molecule has 0 radical (unpaired) electrons. The van der Waals surface area contributed by atoms with Gasteiger partial charge in [0.1, 0.15) is 6.61 Å². The van der Waals surface area contributed by atoms with Crippen molar-refractivity contribution >= 4 is 0 Å². The molecule has 0 N–H and O–H groups in total. The average Bonchev–Trinajstić information content (AvgIpc) is 3.52. The second kappa shape index (κ2) is 9.04. The smallest absolute Gasteiger partial charge is 0.181 e. The first-order valence-electron chi connectivity index (χ1n) is 10.4. The molecule has 2 saturated carbocycles. The Labute approximate surface area is 164 Å². The minimum absolute atomic E-state index is 0.0815. The van der Waals surface area contributed by atoms with E-state index in [0.717, 1.165) is 18.4 Å². The van der Waals surface area contributed by atoms with Crippen molar-refractivity contribution in [2.75, 3.05) is 13.2 Å². The van der Waals surface area contributed by atoms with Crippen LogP contribution in [0.15, 0.2) is 37.5 Å². The normalized spacial score (nSPS) is 42.6. The van der Waals surface area contributed by atoms with E-state index in [0.29, 0.717) is 24.9 Å². The van der Waals surface area contributed by atoms with Gasteiger partial charge < -0.3 is 18.9 Å². The zero-order valence-corrected chi connectivity index (χ0v) is 17.0. The van der Waals surface area contributed by atoms with E-state index in [2.05, 4.69) is 39.7 Å². The SMILES string of the molecule is C=C(C)C1CCC2(C)OC2C1.C=CC1CCC2OC2C1.C=CCOC1CO1. The lowest BCUT2D eigenvalue weighted by Crippen LogP contribution is -2.21. The first-order chi connectivity index (χ1) is 12.9. The van der Waals surface area contributed by atoms with Crippen LogP contribution in [-0.2, 0) is 18.9 Å². The highest BCUT2D eigenvalue weighted by molar-refractivity contribution is 5.10. The number of fused-ring (bicyclic) bond motifs is 2. The molecule has 5 aliphatic rings. The molecule has 2 aliphatic carbocycles. The summed E-state index contributed by atoms with van der Waals surface area (Å²) in [5.41, 5.74) is 1.61. The van der Waals surface area contributed by atoms with E-state index >= 15 is 0 Å². The number of ether oxygens (including phenoxy) is 4. The van der Waals surface area contributed by atoms with Gasteiger partial charge in [0.2, 0.25) is 0 Å². The Bertz CT molecular complexity index is 540. The van der Waals surface area contributed by atoms with Gasteiger partial charge in [-0.15, -0.1) is 13.2 Å². The van der Waals surface area contributed by atoms with Crippen LogP contribution in [0.5, 0.6) is 0 Å². The molecular formula is C23H36O4. The van der Waals surface area contributed by atoms with Crippen molar-refractivity contribution in [3.63, 3.8) is 0 Å². The topological polar surface area (TPSA) is 46.8 Å². The van der Waals surface area contributed by atoms with E-state index in [-0.39, 0.29) is 11.9 Å². The number of allylic oxidation sites excluding steroid dienone is 2. The molecule has 7 unspecified atom stereocenters. The van der Waals surface area contributed by atoms with Crippen LogP contribution in [0.3, 0.4) is 0 Å². The molecule has 4 heteroatoms. The van der Waals surface area contributed by atoms with E-state index in [1.807, 2.05) is 0 Å². The second-order valence-corrected chi connectivity index (χ2v) is 8.64. The van der Waals surface area contributed by atoms with Crippen molar-refractivity contribution in [2.45, 2.75) is 82.6 Å². The lowest BCUT2D eigenvalue weighted by Gasteiger charge is -2.22. The number of epoxide rings is 3.